The Balaban J connectivity index is 1.36. The van der Waals surface area contributed by atoms with E-state index in [4.69, 9.17) is 9.47 Å². The average molecular weight is 526 g/mol. The molecule has 200 valence electrons. The van der Waals surface area contributed by atoms with Gasteiger partial charge in [0.2, 0.25) is 0 Å². The minimum atomic E-state index is -1.72. The van der Waals surface area contributed by atoms with Crippen molar-refractivity contribution in [2.45, 2.75) is 39.2 Å². The van der Waals surface area contributed by atoms with Gasteiger partial charge in [-0.05, 0) is 54.4 Å². The number of allylic oxidation sites excluding steroid dienone is 1. The minimum absolute atomic E-state index is 0.0141. The van der Waals surface area contributed by atoms with Crippen molar-refractivity contribution in [1.29, 1.82) is 0 Å². The molecule has 0 radical (unpaired) electrons. The van der Waals surface area contributed by atoms with Gasteiger partial charge in [0.1, 0.15) is 19.0 Å². The molecule has 2 saturated carbocycles. The number of ketones is 1. The summed E-state index contributed by atoms with van der Waals surface area (Å²) in [6.07, 6.45) is 8.46. The molecular weight excluding hydrogens is 494 g/mol. The lowest BCUT2D eigenvalue weighted by molar-refractivity contribution is -0.215. The molecule has 2 heterocycles. The molecule has 6 rings (SSSR count). The number of carbonyl (C=O) groups excluding carboxylic acids is 4. The van der Waals surface area contributed by atoms with Crippen molar-refractivity contribution in [1.82, 2.24) is 4.98 Å². The highest BCUT2D eigenvalue weighted by Crippen LogP contribution is 2.67. The third-order valence-electron chi connectivity index (χ3n) is 9.57. The maximum atomic E-state index is 13.9. The molecule has 3 aliphatic carbocycles. The van der Waals surface area contributed by atoms with Crippen molar-refractivity contribution >= 4 is 41.0 Å². The summed E-state index contributed by atoms with van der Waals surface area (Å²) in [5, 5.41) is 0.983. The van der Waals surface area contributed by atoms with Crippen molar-refractivity contribution in [3.05, 3.63) is 72.5 Å². The Labute approximate surface area is 227 Å². The number of carbonyl (C=O) groups is 4. The molecule has 2 aromatic rings. The standard InChI is InChI=1S/C32H31NO6/c1-19-22-12-13-24-31(16-6-15-30(2,3)25(31)17-34)18-38-29(37)32(24,27(19)36)28(22)39-26(35)14-11-21-10-9-20-7-4-5-8-23(20)33-21/h4-11,14,16-17,22,24-25,28H,1,12-13,15,18H2,2-3H3/b14-11+/t22-,24-,25+,28+,31+,32-/m0/s1. The van der Waals surface area contributed by atoms with Crippen LogP contribution in [0.4, 0.5) is 0 Å². The van der Waals surface area contributed by atoms with Gasteiger partial charge in [0.25, 0.3) is 0 Å². The van der Waals surface area contributed by atoms with Crippen LogP contribution in [0.25, 0.3) is 17.0 Å². The van der Waals surface area contributed by atoms with Gasteiger partial charge in [-0.3, -0.25) is 9.59 Å². The van der Waals surface area contributed by atoms with Gasteiger partial charge < -0.3 is 14.3 Å². The van der Waals surface area contributed by atoms with Crippen molar-refractivity contribution in [2.75, 3.05) is 6.61 Å². The zero-order valence-electron chi connectivity index (χ0n) is 22.1. The first-order chi connectivity index (χ1) is 18.6. The van der Waals surface area contributed by atoms with E-state index in [1.807, 2.05) is 56.3 Å². The van der Waals surface area contributed by atoms with Crippen molar-refractivity contribution in [3.63, 3.8) is 0 Å². The summed E-state index contributed by atoms with van der Waals surface area (Å²) in [5.41, 5.74) is -1.32. The number of aldehydes is 1. The lowest BCUT2D eigenvalue weighted by Crippen LogP contribution is -2.66. The molecule has 7 heteroatoms. The van der Waals surface area contributed by atoms with Crippen LogP contribution in [0.15, 0.2) is 66.8 Å². The van der Waals surface area contributed by atoms with Gasteiger partial charge >= 0.3 is 11.9 Å². The zero-order chi connectivity index (χ0) is 27.6. The predicted octanol–water partition coefficient (Wildman–Crippen LogP) is 4.66. The Kier molecular flexibility index (Phi) is 5.75. The number of cyclic esters (lactones) is 1. The lowest BCUT2D eigenvalue weighted by atomic mass is 9.46. The van der Waals surface area contributed by atoms with Crippen LogP contribution < -0.4 is 0 Å². The molecule has 1 aromatic heterocycles. The summed E-state index contributed by atoms with van der Waals surface area (Å²) in [6, 6.07) is 11.4. The van der Waals surface area contributed by atoms with E-state index in [-0.39, 0.29) is 12.2 Å². The van der Waals surface area contributed by atoms with E-state index in [1.54, 1.807) is 12.1 Å². The van der Waals surface area contributed by atoms with Gasteiger partial charge in [0.05, 0.1) is 11.2 Å². The first-order valence-corrected chi connectivity index (χ1v) is 13.4. The van der Waals surface area contributed by atoms with E-state index in [2.05, 4.69) is 11.6 Å². The van der Waals surface area contributed by atoms with Crippen LogP contribution in [0.3, 0.4) is 0 Å². The topological polar surface area (TPSA) is 99.6 Å². The number of hydrogen-bond donors (Lipinski definition) is 0. The van der Waals surface area contributed by atoms with Crippen molar-refractivity contribution in [3.8, 4) is 0 Å². The lowest BCUT2D eigenvalue weighted by Gasteiger charge is -2.58. The molecule has 0 N–H and O–H groups in total. The fourth-order valence-electron chi connectivity index (χ4n) is 7.76. The highest BCUT2D eigenvalue weighted by atomic mass is 16.6. The minimum Gasteiger partial charge on any atom is -0.464 e. The van der Waals surface area contributed by atoms with Gasteiger partial charge in [0, 0.05) is 28.7 Å². The normalized spacial score (nSPS) is 34.8. The predicted molar refractivity (Wildman–Crippen MR) is 144 cm³/mol. The van der Waals surface area contributed by atoms with Gasteiger partial charge in [-0.15, -0.1) is 0 Å². The van der Waals surface area contributed by atoms with Crippen LogP contribution in [0.5, 0.6) is 0 Å². The van der Waals surface area contributed by atoms with Gasteiger partial charge in [-0.2, -0.15) is 0 Å². The van der Waals surface area contributed by atoms with Crippen LogP contribution >= 0.6 is 0 Å². The van der Waals surface area contributed by atoms with Gasteiger partial charge in [-0.1, -0.05) is 56.8 Å². The Hall–Kier alpha value is -3.87. The number of ether oxygens (including phenoxy) is 2. The summed E-state index contributed by atoms with van der Waals surface area (Å²) in [6.45, 7) is 8.07. The Bertz CT molecular complexity index is 1490. The van der Waals surface area contributed by atoms with Gasteiger partial charge in [0.15, 0.2) is 11.2 Å². The molecule has 39 heavy (non-hydrogen) atoms. The summed E-state index contributed by atoms with van der Waals surface area (Å²) >= 11 is 0. The van der Waals surface area contributed by atoms with E-state index >= 15 is 0 Å². The number of fused-ring (bicyclic) bond motifs is 3. The second-order valence-electron chi connectivity index (χ2n) is 12.0. The van der Waals surface area contributed by atoms with E-state index < -0.39 is 57.8 Å². The summed E-state index contributed by atoms with van der Waals surface area (Å²) in [7, 11) is 0. The molecule has 3 fully saturated rings. The first-order valence-electron chi connectivity index (χ1n) is 13.4. The third kappa shape index (κ3) is 3.51. The number of rotatable bonds is 4. The number of nitrogens with zero attached hydrogens (tertiary/aromatic N) is 1. The van der Waals surface area contributed by atoms with Crippen LogP contribution in [0.2, 0.25) is 0 Å². The summed E-state index contributed by atoms with van der Waals surface area (Å²) in [4.78, 5) is 57.8. The molecule has 4 aliphatic rings. The molecule has 2 spiro atoms. The highest BCUT2D eigenvalue weighted by molar-refractivity contribution is 6.16. The summed E-state index contributed by atoms with van der Waals surface area (Å²) in [5.74, 6) is -3.31. The van der Waals surface area contributed by atoms with Crippen LogP contribution in [-0.2, 0) is 28.7 Å². The number of esters is 2. The van der Waals surface area contributed by atoms with E-state index in [9.17, 15) is 19.2 Å². The second kappa shape index (κ2) is 8.83. The Morgan fingerprint density at radius 1 is 1.15 bits per heavy atom. The molecule has 7 nitrogen and oxygen atoms in total. The molecule has 1 saturated heterocycles. The number of benzene rings is 1. The number of pyridine rings is 1. The van der Waals surface area contributed by atoms with Crippen molar-refractivity contribution in [2.24, 2.45) is 34.0 Å². The van der Waals surface area contributed by atoms with Crippen molar-refractivity contribution < 1.29 is 28.7 Å². The van der Waals surface area contributed by atoms with Gasteiger partial charge in [-0.25, -0.2) is 9.78 Å². The molecule has 0 unspecified atom stereocenters. The third-order valence-corrected chi connectivity index (χ3v) is 9.57. The largest absolute Gasteiger partial charge is 0.464 e. The SMILES string of the molecule is C=C1C(=O)[C@@]23C(=O)OC[C@]4(C=CCC(C)(C)[C@H]4C=O)[C@@H]2CC[C@@H]1[C@H]3OC(=O)/C=C/c1ccc2ccccc2n1. The average Bonchev–Trinajstić information content (AvgIpc) is 3.03. The van der Waals surface area contributed by atoms with Crippen LogP contribution in [0.1, 0.15) is 38.8 Å². The van der Waals surface area contributed by atoms with E-state index in [0.717, 1.165) is 17.2 Å². The molecule has 6 atom stereocenters. The maximum Gasteiger partial charge on any atom is 0.331 e. The number of aromatic nitrogens is 1. The molecular formula is C32H31NO6. The fourth-order valence-corrected chi connectivity index (χ4v) is 7.76. The van der Waals surface area contributed by atoms with Crippen LogP contribution in [-0.4, -0.2) is 41.7 Å². The molecule has 0 amide bonds. The number of para-hydroxylation sites is 1. The highest BCUT2D eigenvalue weighted by Gasteiger charge is 2.76. The maximum absolute atomic E-state index is 13.9. The fraction of sp³-hybridized carbons (Fsp3) is 0.406. The monoisotopic (exact) mass is 525 g/mol. The quantitative estimate of drug-likeness (QED) is 0.188. The smallest absolute Gasteiger partial charge is 0.331 e. The second-order valence-corrected chi connectivity index (χ2v) is 12.0. The Morgan fingerprint density at radius 2 is 1.95 bits per heavy atom. The molecule has 1 aliphatic heterocycles. The van der Waals surface area contributed by atoms with E-state index in [0.29, 0.717) is 25.0 Å². The zero-order valence-corrected chi connectivity index (χ0v) is 22.1. The van der Waals surface area contributed by atoms with E-state index in [1.165, 1.54) is 6.08 Å². The number of Topliss-reactive ketones (excluding diaryl/α,β-unsaturated/α-hetero) is 1. The molecule has 1 aromatic carbocycles. The van der Waals surface area contributed by atoms with Crippen LogP contribution in [0, 0.1) is 34.0 Å². The number of hydrogen-bond acceptors (Lipinski definition) is 7. The summed E-state index contributed by atoms with van der Waals surface area (Å²) < 4.78 is 11.7. The first kappa shape index (κ1) is 25.4. The molecule has 2 bridgehead atoms. The Morgan fingerprint density at radius 3 is 2.74 bits per heavy atom.